The van der Waals surface area contributed by atoms with E-state index in [-0.39, 0.29) is 0 Å². The molecule has 1 heteroatoms. The highest BCUT2D eigenvalue weighted by Crippen LogP contribution is 2.30. The first-order chi connectivity index (χ1) is 7.61. The number of allylic oxidation sites excluding steroid dienone is 2. The van der Waals surface area contributed by atoms with E-state index in [2.05, 4.69) is 32.3 Å². The number of hydrogen-bond donors (Lipinski definition) is 1. The molecule has 16 heavy (non-hydrogen) atoms. The Labute approximate surface area is 101 Å². The van der Waals surface area contributed by atoms with Gasteiger partial charge in [0.25, 0.3) is 0 Å². The van der Waals surface area contributed by atoms with Gasteiger partial charge in [-0.3, -0.25) is 0 Å². The largest absolute Gasteiger partial charge is 0.386 e. The van der Waals surface area contributed by atoms with E-state index in [0.717, 1.165) is 11.6 Å². The summed E-state index contributed by atoms with van der Waals surface area (Å²) < 4.78 is 0. The zero-order chi connectivity index (χ0) is 12.0. The van der Waals surface area contributed by atoms with E-state index < -0.39 is 0 Å². The predicted molar refractivity (Wildman–Crippen MR) is 72.4 cm³/mol. The van der Waals surface area contributed by atoms with Crippen LogP contribution in [-0.2, 0) is 0 Å². The van der Waals surface area contributed by atoms with Gasteiger partial charge in [-0.15, -0.1) is 0 Å². The molecule has 0 aromatic rings. The van der Waals surface area contributed by atoms with E-state index in [1.165, 1.54) is 50.5 Å². The van der Waals surface area contributed by atoms with Crippen molar-refractivity contribution < 1.29 is 0 Å². The summed E-state index contributed by atoms with van der Waals surface area (Å²) >= 11 is 0. The first-order valence-electron chi connectivity index (χ1n) is 6.70. The van der Waals surface area contributed by atoms with Crippen LogP contribution in [0.2, 0.25) is 0 Å². The third kappa shape index (κ3) is 4.87. The predicted octanol–water partition coefficient (Wildman–Crippen LogP) is 4.41. The molecule has 1 aliphatic rings. The molecule has 0 radical (unpaired) electrons. The molecule has 1 N–H and O–H groups in total. The van der Waals surface area contributed by atoms with Crippen molar-refractivity contribution in [2.24, 2.45) is 5.92 Å². The van der Waals surface area contributed by atoms with Gasteiger partial charge in [0.05, 0.1) is 0 Å². The fraction of sp³-hybridized carbons (Fsp3) is 0.733. The van der Waals surface area contributed by atoms with Crippen molar-refractivity contribution >= 4 is 0 Å². The van der Waals surface area contributed by atoms with Gasteiger partial charge in [0.1, 0.15) is 0 Å². The third-order valence-electron chi connectivity index (χ3n) is 3.48. The zero-order valence-corrected chi connectivity index (χ0v) is 11.0. The lowest BCUT2D eigenvalue weighted by atomic mass is 9.82. The van der Waals surface area contributed by atoms with Gasteiger partial charge in [-0.2, -0.15) is 0 Å². The number of nitrogens with one attached hydrogen (secondary N) is 1. The summed E-state index contributed by atoms with van der Waals surface area (Å²) in [6, 6.07) is 0.674. The average Bonchev–Trinajstić information content (AvgIpc) is 2.20. The van der Waals surface area contributed by atoms with E-state index in [0.29, 0.717) is 6.04 Å². The molecule has 0 saturated heterocycles. The summed E-state index contributed by atoms with van der Waals surface area (Å²) in [5.74, 6) is 0.891. The molecular weight excluding hydrogens is 194 g/mol. The van der Waals surface area contributed by atoms with Crippen molar-refractivity contribution in [2.45, 2.75) is 64.8 Å². The van der Waals surface area contributed by atoms with Crippen LogP contribution in [0.25, 0.3) is 0 Å². The average molecular weight is 221 g/mol. The molecule has 0 aliphatic heterocycles. The van der Waals surface area contributed by atoms with Gasteiger partial charge < -0.3 is 5.32 Å². The monoisotopic (exact) mass is 221 g/mol. The molecule has 1 fully saturated rings. The van der Waals surface area contributed by atoms with Crippen molar-refractivity contribution in [1.29, 1.82) is 0 Å². The summed E-state index contributed by atoms with van der Waals surface area (Å²) in [7, 11) is 0. The maximum absolute atomic E-state index is 4.18. The molecule has 0 bridgehead atoms. The van der Waals surface area contributed by atoms with Crippen LogP contribution in [0.15, 0.2) is 24.4 Å². The van der Waals surface area contributed by atoms with Crippen molar-refractivity contribution in [3.8, 4) is 0 Å². The minimum absolute atomic E-state index is 0.674. The molecule has 0 unspecified atom stereocenters. The molecule has 1 nitrogen and oxygen atoms in total. The Hall–Kier alpha value is -0.720. The lowest BCUT2D eigenvalue weighted by molar-refractivity contribution is 0.300. The second-order valence-corrected chi connectivity index (χ2v) is 5.35. The van der Waals surface area contributed by atoms with Gasteiger partial charge in [-0.05, 0) is 51.4 Å². The highest BCUT2D eigenvalue weighted by molar-refractivity contribution is 4.97. The van der Waals surface area contributed by atoms with Gasteiger partial charge in [0.2, 0.25) is 0 Å². The van der Waals surface area contributed by atoms with Crippen LogP contribution in [0, 0.1) is 5.92 Å². The topological polar surface area (TPSA) is 12.0 Å². The second-order valence-electron chi connectivity index (χ2n) is 5.35. The SMILES string of the molecule is C=C(CCC)CC1CCC(NC(=C)C)CC1. The van der Waals surface area contributed by atoms with Crippen molar-refractivity contribution in [2.75, 3.05) is 0 Å². The van der Waals surface area contributed by atoms with Gasteiger partial charge in [0.15, 0.2) is 0 Å². The normalized spacial score (nSPS) is 25.1. The summed E-state index contributed by atoms with van der Waals surface area (Å²) in [5.41, 5.74) is 2.57. The molecule has 1 rings (SSSR count). The molecule has 1 aliphatic carbocycles. The van der Waals surface area contributed by atoms with Gasteiger partial charge in [-0.1, -0.05) is 32.1 Å². The van der Waals surface area contributed by atoms with Crippen LogP contribution in [0.1, 0.15) is 58.8 Å². The molecular formula is C15H27N. The van der Waals surface area contributed by atoms with Crippen molar-refractivity contribution in [3.05, 3.63) is 24.4 Å². The minimum Gasteiger partial charge on any atom is -0.386 e. The Morgan fingerprint density at radius 1 is 1.19 bits per heavy atom. The van der Waals surface area contributed by atoms with Crippen LogP contribution in [0.4, 0.5) is 0 Å². The van der Waals surface area contributed by atoms with E-state index in [1.807, 2.05) is 0 Å². The van der Waals surface area contributed by atoms with Crippen LogP contribution >= 0.6 is 0 Å². The Morgan fingerprint density at radius 2 is 1.81 bits per heavy atom. The van der Waals surface area contributed by atoms with Crippen molar-refractivity contribution in [3.63, 3.8) is 0 Å². The number of hydrogen-bond acceptors (Lipinski definition) is 1. The minimum atomic E-state index is 0.674. The molecule has 0 aromatic carbocycles. The lowest BCUT2D eigenvalue weighted by Crippen LogP contribution is -2.31. The Kier molecular flexibility index (Phi) is 5.65. The fourth-order valence-electron chi connectivity index (χ4n) is 2.72. The van der Waals surface area contributed by atoms with E-state index in [4.69, 9.17) is 0 Å². The zero-order valence-electron chi connectivity index (χ0n) is 11.0. The summed E-state index contributed by atoms with van der Waals surface area (Å²) in [6.07, 6.45) is 9.03. The van der Waals surface area contributed by atoms with Crippen LogP contribution in [0.3, 0.4) is 0 Å². The maximum atomic E-state index is 4.18. The van der Waals surface area contributed by atoms with Crippen LogP contribution in [0.5, 0.6) is 0 Å². The highest BCUT2D eigenvalue weighted by Gasteiger charge is 2.20. The standard InChI is InChI=1S/C15H27N/c1-5-6-13(4)11-14-7-9-15(10-8-14)16-12(2)3/h14-16H,2,4-11H2,1,3H3. The van der Waals surface area contributed by atoms with Crippen LogP contribution in [-0.4, -0.2) is 6.04 Å². The summed E-state index contributed by atoms with van der Waals surface area (Å²) in [5, 5.41) is 3.46. The molecule has 0 heterocycles. The molecule has 0 spiro atoms. The summed E-state index contributed by atoms with van der Waals surface area (Å²) in [4.78, 5) is 0. The molecule has 92 valence electrons. The van der Waals surface area contributed by atoms with Crippen molar-refractivity contribution in [1.82, 2.24) is 5.32 Å². The van der Waals surface area contributed by atoms with E-state index in [9.17, 15) is 0 Å². The van der Waals surface area contributed by atoms with Gasteiger partial charge in [0, 0.05) is 11.7 Å². The molecule has 0 aromatic heterocycles. The van der Waals surface area contributed by atoms with Gasteiger partial charge in [-0.25, -0.2) is 0 Å². The quantitative estimate of drug-likeness (QED) is 0.655. The fourth-order valence-corrected chi connectivity index (χ4v) is 2.72. The third-order valence-corrected chi connectivity index (χ3v) is 3.48. The van der Waals surface area contributed by atoms with Crippen LogP contribution < -0.4 is 5.32 Å². The summed E-state index contributed by atoms with van der Waals surface area (Å²) in [6.45, 7) is 12.4. The Bertz CT molecular complexity index is 234. The first kappa shape index (κ1) is 13.3. The maximum Gasteiger partial charge on any atom is 0.0258 e. The molecule has 0 amide bonds. The van der Waals surface area contributed by atoms with E-state index in [1.54, 1.807) is 0 Å². The second kappa shape index (κ2) is 6.78. The molecule has 0 atom stereocenters. The van der Waals surface area contributed by atoms with E-state index >= 15 is 0 Å². The van der Waals surface area contributed by atoms with Gasteiger partial charge >= 0.3 is 0 Å². The lowest BCUT2D eigenvalue weighted by Gasteiger charge is -2.30. The smallest absolute Gasteiger partial charge is 0.0258 e. The first-order valence-corrected chi connectivity index (χ1v) is 6.70. The Balaban J connectivity index is 2.21. The Morgan fingerprint density at radius 3 is 2.31 bits per heavy atom. The number of rotatable bonds is 6. The highest BCUT2D eigenvalue weighted by atomic mass is 14.9. The molecule has 1 saturated carbocycles.